The number of rotatable bonds is 2. The van der Waals surface area contributed by atoms with Crippen LogP contribution in [0.15, 0.2) is 24.3 Å². The first kappa shape index (κ1) is 10.4. The average Bonchev–Trinajstić information content (AvgIpc) is 2.03. The smallest absolute Gasteiger partial charge is 0.276 e. The molecule has 70 valence electrons. The van der Waals surface area contributed by atoms with E-state index >= 15 is 0 Å². The van der Waals surface area contributed by atoms with Crippen molar-refractivity contribution < 1.29 is 13.6 Å². The van der Waals surface area contributed by atoms with Gasteiger partial charge in [-0.15, -0.1) is 0 Å². The van der Waals surface area contributed by atoms with Gasteiger partial charge in [0.2, 0.25) is 0 Å². The van der Waals surface area contributed by atoms with Gasteiger partial charge in [-0.05, 0) is 35.3 Å². The van der Waals surface area contributed by atoms with E-state index in [-0.39, 0.29) is 11.1 Å². The van der Waals surface area contributed by atoms with Crippen LogP contribution >= 0.6 is 23.2 Å². The van der Waals surface area contributed by atoms with Crippen molar-refractivity contribution in [2.45, 2.75) is 5.38 Å². The molecule has 0 amide bonds. The molecule has 0 aliphatic heterocycles. The lowest BCUT2D eigenvalue weighted by molar-refractivity contribution is 0.0949. The van der Waals surface area contributed by atoms with Crippen molar-refractivity contribution in [1.82, 2.24) is 0 Å². The van der Waals surface area contributed by atoms with Crippen molar-refractivity contribution in [1.29, 1.82) is 0 Å². The summed E-state index contributed by atoms with van der Waals surface area (Å²) in [5.41, 5.74) is -0.206. The van der Waals surface area contributed by atoms with Crippen LogP contribution in [0.25, 0.3) is 0 Å². The van der Waals surface area contributed by atoms with Crippen molar-refractivity contribution in [3.63, 3.8) is 0 Å². The topological polar surface area (TPSA) is 17.1 Å². The second-order valence-electron chi connectivity index (χ2n) is 2.35. The van der Waals surface area contributed by atoms with Crippen molar-refractivity contribution >= 4 is 28.4 Å². The highest BCUT2D eigenvalue weighted by atomic mass is 35.5. The molecule has 0 aromatic heterocycles. The number of benzene rings is 1. The highest BCUT2D eigenvalue weighted by Gasteiger charge is 2.27. The van der Waals surface area contributed by atoms with E-state index in [1.165, 1.54) is 12.1 Å². The highest BCUT2D eigenvalue weighted by molar-refractivity contribution is 6.67. The highest BCUT2D eigenvalue weighted by Crippen LogP contribution is 2.32. The van der Waals surface area contributed by atoms with Crippen molar-refractivity contribution in [2.24, 2.45) is 0 Å². The molecule has 0 radical (unpaired) electrons. The molecule has 0 heterocycles. The van der Waals surface area contributed by atoms with Crippen molar-refractivity contribution in [2.75, 3.05) is 0 Å². The number of halogens is 4. The zero-order chi connectivity index (χ0) is 10.1. The average molecular weight is 225 g/mol. The normalized spacial score (nSPS) is 11.4. The molecule has 5 heteroatoms. The Morgan fingerprint density at radius 2 is 1.69 bits per heavy atom. The van der Waals surface area contributed by atoms with Gasteiger partial charge < -0.3 is 0 Å². The SMILES string of the molecule is O=C(Cl)c1ccc(C(F)(F)Cl)cc1. The molecule has 1 rings (SSSR count). The van der Waals surface area contributed by atoms with E-state index in [0.29, 0.717) is 0 Å². The van der Waals surface area contributed by atoms with Crippen LogP contribution in [0.4, 0.5) is 8.78 Å². The molecule has 0 aliphatic carbocycles. The molecule has 0 N–H and O–H groups in total. The molecule has 0 atom stereocenters. The monoisotopic (exact) mass is 224 g/mol. The Morgan fingerprint density at radius 3 is 2.00 bits per heavy atom. The summed E-state index contributed by atoms with van der Waals surface area (Å²) in [6.07, 6.45) is 0. The quantitative estimate of drug-likeness (QED) is 0.557. The van der Waals surface area contributed by atoms with Gasteiger partial charge in [0.1, 0.15) is 0 Å². The first-order chi connectivity index (χ1) is 5.91. The summed E-state index contributed by atoms with van der Waals surface area (Å²) < 4.78 is 24.9. The molecule has 0 fully saturated rings. The molecule has 13 heavy (non-hydrogen) atoms. The maximum absolute atomic E-state index is 12.4. The fourth-order valence-corrected chi connectivity index (χ4v) is 1.04. The van der Waals surface area contributed by atoms with E-state index in [2.05, 4.69) is 0 Å². The van der Waals surface area contributed by atoms with E-state index in [0.717, 1.165) is 12.1 Å². The number of hydrogen-bond acceptors (Lipinski definition) is 1. The Kier molecular flexibility index (Phi) is 2.88. The van der Waals surface area contributed by atoms with E-state index in [4.69, 9.17) is 23.2 Å². The Morgan fingerprint density at radius 1 is 1.23 bits per heavy atom. The molecule has 0 aliphatic rings. The van der Waals surface area contributed by atoms with Gasteiger partial charge in [-0.1, -0.05) is 12.1 Å². The lowest BCUT2D eigenvalue weighted by Gasteiger charge is -2.07. The largest absolute Gasteiger partial charge is 0.348 e. The van der Waals surface area contributed by atoms with Crippen LogP contribution in [0, 0.1) is 0 Å². The first-order valence-electron chi connectivity index (χ1n) is 3.28. The standard InChI is InChI=1S/C8H4Cl2F2O/c9-7(13)5-1-3-6(4-2-5)8(10,11)12/h1-4H. The van der Waals surface area contributed by atoms with Crippen LogP contribution < -0.4 is 0 Å². The van der Waals surface area contributed by atoms with Gasteiger partial charge in [-0.3, -0.25) is 4.79 Å². The molecule has 0 bridgehead atoms. The summed E-state index contributed by atoms with van der Waals surface area (Å²) >= 11 is 9.85. The molecular weight excluding hydrogens is 221 g/mol. The van der Waals surface area contributed by atoms with Gasteiger partial charge in [0.15, 0.2) is 0 Å². The molecule has 0 spiro atoms. The van der Waals surface area contributed by atoms with Gasteiger partial charge in [0.05, 0.1) is 0 Å². The van der Waals surface area contributed by atoms with E-state index in [1.807, 2.05) is 0 Å². The molecule has 1 nitrogen and oxygen atoms in total. The Bertz CT molecular complexity index is 316. The summed E-state index contributed by atoms with van der Waals surface area (Å²) in [6.45, 7) is 0. The third-order valence-electron chi connectivity index (χ3n) is 1.44. The summed E-state index contributed by atoms with van der Waals surface area (Å²) in [5, 5.41) is -4.10. The van der Waals surface area contributed by atoms with Gasteiger partial charge in [-0.2, -0.15) is 8.78 Å². The van der Waals surface area contributed by atoms with Gasteiger partial charge in [0, 0.05) is 11.1 Å². The van der Waals surface area contributed by atoms with Crippen LogP contribution in [0.1, 0.15) is 15.9 Å². The van der Waals surface area contributed by atoms with E-state index < -0.39 is 10.6 Å². The van der Waals surface area contributed by atoms with Gasteiger partial charge in [0.25, 0.3) is 5.24 Å². The van der Waals surface area contributed by atoms with Crippen LogP contribution in [0.5, 0.6) is 0 Å². The third kappa shape index (κ3) is 2.64. The molecule has 0 unspecified atom stereocenters. The minimum atomic E-state index is -3.41. The molecule has 0 saturated carbocycles. The Labute approximate surface area is 83.3 Å². The van der Waals surface area contributed by atoms with Crippen LogP contribution in [0.3, 0.4) is 0 Å². The Balaban J connectivity index is 3.01. The Hall–Kier alpha value is -0.670. The minimum Gasteiger partial charge on any atom is -0.276 e. The second kappa shape index (κ2) is 3.60. The fraction of sp³-hybridized carbons (Fsp3) is 0.125. The van der Waals surface area contributed by atoms with Crippen molar-refractivity contribution in [3.05, 3.63) is 35.4 Å². The number of carbonyl (C=O) groups excluding carboxylic acids is 1. The number of carbonyl (C=O) groups is 1. The van der Waals surface area contributed by atoms with Crippen LogP contribution in [0.2, 0.25) is 0 Å². The van der Waals surface area contributed by atoms with Crippen molar-refractivity contribution in [3.8, 4) is 0 Å². The summed E-state index contributed by atoms with van der Waals surface area (Å²) in [5.74, 6) is 0. The van der Waals surface area contributed by atoms with Gasteiger partial charge >= 0.3 is 5.38 Å². The molecular formula is C8H4Cl2F2O. The maximum Gasteiger partial charge on any atom is 0.348 e. The predicted octanol–water partition coefficient (Wildman–Crippen LogP) is 3.35. The van der Waals surface area contributed by atoms with E-state index in [1.54, 1.807) is 0 Å². The number of alkyl halides is 3. The minimum absolute atomic E-state index is 0.159. The van der Waals surface area contributed by atoms with Crippen LogP contribution in [-0.4, -0.2) is 5.24 Å². The lowest BCUT2D eigenvalue weighted by Crippen LogP contribution is -2.03. The second-order valence-corrected chi connectivity index (χ2v) is 3.17. The zero-order valence-corrected chi connectivity index (χ0v) is 7.74. The van der Waals surface area contributed by atoms with Crippen LogP contribution in [-0.2, 0) is 5.38 Å². The lowest BCUT2D eigenvalue weighted by atomic mass is 10.1. The fourth-order valence-electron chi connectivity index (χ4n) is 0.790. The van der Waals surface area contributed by atoms with Gasteiger partial charge in [-0.25, -0.2) is 0 Å². The summed E-state index contributed by atoms with van der Waals surface area (Å²) in [6, 6.07) is 4.51. The molecule has 1 aromatic carbocycles. The maximum atomic E-state index is 12.4. The number of hydrogen-bond donors (Lipinski definition) is 0. The van der Waals surface area contributed by atoms with E-state index in [9.17, 15) is 13.6 Å². The third-order valence-corrected chi connectivity index (χ3v) is 1.88. The predicted molar refractivity (Wildman–Crippen MR) is 46.4 cm³/mol. The summed E-state index contributed by atoms with van der Waals surface area (Å²) in [7, 11) is 0. The first-order valence-corrected chi connectivity index (χ1v) is 4.04. The molecule has 0 saturated heterocycles. The molecule has 1 aromatic rings. The summed E-state index contributed by atoms with van der Waals surface area (Å²) in [4.78, 5) is 10.6. The zero-order valence-electron chi connectivity index (χ0n) is 6.23.